The van der Waals surface area contributed by atoms with Gasteiger partial charge in [-0.1, -0.05) is 48.5 Å². The smallest absolute Gasteiger partial charge is 0.430 e. The van der Waals surface area contributed by atoms with Gasteiger partial charge in [-0.05, 0) is 30.5 Å². The maximum atomic E-state index is 12.6. The Balaban J connectivity index is 0.000000718. The van der Waals surface area contributed by atoms with Crippen LogP contribution in [-0.2, 0) is 16.1 Å². The standard InChI is InChI=1S/C20H25N5O2.C2HF3O2/c21-20(22)23-13-7-12-17(25-18(26)16-10-5-2-6-11-16)19(27)24-14-15-8-3-1-4-9-15;3-2(4,5)1(6)7/h1-6,8-11,17H,7,12-14H2,(H,24,27)(H,25,26)(H4,21,22,23);(H,6,7). The molecule has 9 nitrogen and oxygen atoms in total. The first kappa shape index (κ1) is 27.9. The summed E-state index contributed by atoms with van der Waals surface area (Å²) in [6.07, 6.45) is -4.12. The molecule has 0 heterocycles. The van der Waals surface area contributed by atoms with Crippen molar-refractivity contribution in [3.05, 3.63) is 71.8 Å². The Morgan fingerprint density at radius 2 is 1.50 bits per heavy atom. The highest BCUT2D eigenvalue weighted by Crippen LogP contribution is 2.11. The lowest BCUT2D eigenvalue weighted by atomic mass is 10.1. The second-order valence-corrected chi connectivity index (χ2v) is 6.91. The van der Waals surface area contributed by atoms with Crippen molar-refractivity contribution < 1.29 is 37.7 Å². The van der Waals surface area contributed by atoms with Gasteiger partial charge in [0.25, 0.3) is 5.91 Å². The van der Waals surface area contributed by atoms with E-state index in [1.807, 2.05) is 36.4 Å². The zero-order valence-electron chi connectivity index (χ0n) is 18.1. The van der Waals surface area contributed by atoms with Crippen molar-refractivity contribution in [3.8, 4) is 0 Å². The number of hydrogen-bond donors (Lipinski definition) is 5. The van der Waals surface area contributed by atoms with Crippen molar-refractivity contribution in [2.45, 2.75) is 31.6 Å². The number of guanidine groups is 1. The van der Waals surface area contributed by atoms with Gasteiger partial charge >= 0.3 is 12.1 Å². The molecule has 0 bridgehead atoms. The number of carboxylic acids is 1. The fourth-order valence-corrected chi connectivity index (χ4v) is 2.55. The van der Waals surface area contributed by atoms with E-state index in [1.165, 1.54) is 0 Å². The first-order valence-electron chi connectivity index (χ1n) is 10.1. The van der Waals surface area contributed by atoms with Crippen LogP contribution in [0.1, 0.15) is 28.8 Å². The number of nitrogens with one attached hydrogen (secondary N) is 3. The van der Waals surface area contributed by atoms with Gasteiger partial charge in [0, 0.05) is 12.1 Å². The van der Waals surface area contributed by atoms with Crippen molar-refractivity contribution in [2.75, 3.05) is 6.54 Å². The number of alkyl halides is 3. The maximum Gasteiger partial charge on any atom is 0.430 e. The Morgan fingerprint density at radius 3 is 2.00 bits per heavy atom. The van der Waals surface area contributed by atoms with E-state index in [2.05, 4.69) is 15.6 Å². The van der Waals surface area contributed by atoms with Gasteiger partial charge in [-0.2, -0.15) is 13.2 Å². The SMILES string of the molecule is NC(N)=[NH+]CCCC(NC(=O)c1ccccc1)C(=O)NCc1ccccc1.O=C([O-])C(F)(F)F. The lowest BCUT2D eigenvalue weighted by Gasteiger charge is -2.18. The predicted molar refractivity (Wildman–Crippen MR) is 115 cm³/mol. The van der Waals surface area contributed by atoms with Crippen LogP contribution in [0.2, 0.25) is 0 Å². The second kappa shape index (κ2) is 14.1. The Morgan fingerprint density at radius 1 is 0.971 bits per heavy atom. The van der Waals surface area contributed by atoms with Crippen LogP contribution in [0.3, 0.4) is 0 Å². The van der Waals surface area contributed by atoms with Crippen molar-refractivity contribution >= 4 is 23.7 Å². The van der Waals surface area contributed by atoms with Gasteiger partial charge in [-0.3, -0.25) is 26.0 Å². The van der Waals surface area contributed by atoms with Crippen LogP contribution < -0.4 is 32.2 Å². The minimum atomic E-state index is -5.19. The van der Waals surface area contributed by atoms with E-state index in [4.69, 9.17) is 21.4 Å². The third-order valence-electron chi connectivity index (χ3n) is 4.20. The monoisotopic (exact) mass is 481 g/mol. The summed E-state index contributed by atoms with van der Waals surface area (Å²) in [6, 6.07) is 17.8. The molecule has 1 unspecified atom stereocenters. The molecule has 34 heavy (non-hydrogen) atoms. The molecular weight excluding hydrogens is 455 g/mol. The summed E-state index contributed by atoms with van der Waals surface area (Å²) < 4.78 is 31.5. The van der Waals surface area contributed by atoms with E-state index in [9.17, 15) is 22.8 Å². The van der Waals surface area contributed by atoms with Crippen LogP contribution in [0, 0.1) is 0 Å². The number of halogens is 3. The zero-order valence-corrected chi connectivity index (χ0v) is 18.1. The van der Waals surface area contributed by atoms with Gasteiger partial charge in [-0.15, -0.1) is 0 Å². The minimum absolute atomic E-state index is 0.133. The highest BCUT2D eigenvalue weighted by Gasteiger charge is 2.28. The largest absolute Gasteiger partial charge is 0.542 e. The molecule has 0 fully saturated rings. The van der Waals surface area contributed by atoms with Gasteiger partial charge < -0.3 is 20.5 Å². The van der Waals surface area contributed by atoms with Crippen LogP contribution in [0.5, 0.6) is 0 Å². The number of hydrogen-bond acceptors (Lipinski definition) is 4. The predicted octanol–water partition coefficient (Wildman–Crippen LogP) is -1.47. The Labute approximate surface area is 194 Å². The number of carbonyl (C=O) groups is 3. The second-order valence-electron chi connectivity index (χ2n) is 6.91. The molecule has 2 aromatic carbocycles. The summed E-state index contributed by atoms with van der Waals surface area (Å²) in [7, 11) is 0. The molecule has 2 rings (SSSR count). The van der Waals surface area contributed by atoms with E-state index >= 15 is 0 Å². The molecule has 0 aliphatic carbocycles. The molecule has 1 atom stereocenters. The Kier molecular flexibility index (Phi) is 11.6. The lowest BCUT2D eigenvalue weighted by Crippen LogP contribution is -2.78. The highest BCUT2D eigenvalue weighted by atomic mass is 19.4. The summed E-state index contributed by atoms with van der Waals surface area (Å²) in [6.45, 7) is 0.922. The summed E-state index contributed by atoms with van der Waals surface area (Å²) in [5.74, 6) is -3.39. The van der Waals surface area contributed by atoms with E-state index in [0.717, 1.165) is 5.56 Å². The van der Waals surface area contributed by atoms with Crippen LogP contribution in [0.25, 0.3) is 0 Å². The number of nitrogens with two attached hydrogens (primary N) is 2. The third-order valence-corrected chi connectivity index (χ3v) is 4.20. The molecule has 12 heteroatoms. The minimum Gasteiger partial charge on any atom is -0.542 e. The quantitative estimate of drug-likeness (QED) is 0.167. The van der Waals surface area contributed by atoms with Gasteiger partial charge in [0.15, 0.2) is 0 Å². The fourth-order valence-electron chi connectivity index (χ4n) is 2.55. The maximum absolute atomic E-state index is 12.6. The van der Waals surface area contributed by atoms with Crippen LogP contribution >= 0.6 is 0 Å². The number of benzene rings is 2. The normalized spacial score (nSPS) is 11.3. The molecule has 0 aromatic heterocycles. The molecular formula is C22H26F3N5O4. The van der Waals surface area contributed by atoms with E-state index in [0.29, 0.717) is 31.5 Å². The summed E-state index contributed by atoms with van der Waals surface area (Å²) in [5.41, 5.74) is 12.2. The van der Waals surface area contributed by atoms with Crippen LogP contribution in [0.4, 0.5) is 13.2 Å². The topological polar surface area (TPSA) is 164 Å². The number of carbonyl (C=O) groups excluding carboxylic acids is 3. The van der Waals surface area contributed by atoms with Crippen molar-refractivity contribution in [1.29, 1.82) is 0 Å². The van der Waals surface area contributed by atoms with Crippen molar-refractivity contribution in [3.63, 3.8) is 0 Å². The van der Waals surface area contributed by atoms with Gasteiger partial charge in [0.2, 0.25) is 5.91 Å². The molecule has 0 radical (unpaired) electrons. The average Bonchev–Trinajstić information content (AvgIpc) is 2.80. The summed E-state index contributed by atoms with van der Waals surface area (Å²) in [5, 5.41) is 14.5. The summed E-state index contributed by atoms with van der Waals surface area (Å²) >= 11 is 0. The van der Waals surface area contributed by atoms with E-state index in [-0.39, 0.29) is 17.8 Å². The number of amides is 2. The van der Waals surface area contributed by atoms with Crippen molar-refractivity contribution in [2.24, 2.45) is 11.5 Å². The van der Waals surface area contributed by atoms with Gasteiger partial charge in [0.1, 0.15) is 12.0 Å². The van der Waals surface area contributed by atoms with Crippen LogP contribution in [-0.4, -0.2) is 42.5 Å². The Bertz CT molecular complexity index is 950. The molecule has 184 valence electrons. The average molecular weight is 481 g/mol. The van der Waals surface area contributed by atoms with E-state index < -0.39 is 18.2 Å². The number of rotatable bonds is 9. The highest BCUT2D eigenvalue weighted by molar-refractivity contribution is 5.97. The first-order valence-corrected chi connectivity index (χ1v) is 10.1. The van der Waals surface area contributed by atoms with Crippen molar-refractivity contribution in [1.82, 2.24) is 10.6 Å². The molecule has 0 spiro atoms. The summed E-state index contributed by atoms with van der Waals surface area (Å²) in [4.78, 5) is 36.6. The lowest BCUT2D eigenvalue weighted by molar-refractivity contribution is -0.459. The third kappa shape index (κ3) is 11.5. The molecule has 2 aromatic rings. The number of aliphatic carboxylic acids is 1. The van der Waals surface area contributed by atoms with Gasteiger partial charge in [-0.25, -0.2) is 0 Å². The fraction of sp³-hybridized carbons (Fsp3) is 0.273. The molecule has 7 N–H and O–H groups in total. The van der Waals surface area contributed by atoms with Crippen LogP contribution in [0.15, 0.2) is 60.7 Å². The Hall–Kier alpha value is -4.09. The van der Waals surface area contributed by atoms with Gasteiger partial charge in [0.05, 0.1) is 6.54 Å². The molecule has 0 aliphatic rings. The zero-order chi connectivity index (χ0) is 25.6. The molecule has 2 amide bonds. The molecule has 0 saturated carbocycles. The number of carboxylic acid groups (broad SMARTS) is 1. The first-order chi connectivity index (χ1) is 16.0. The van der Waals surface area contributed by atoms with E-state index in [1.54, 1.807) is 24.3 Å². The molecule has 0 saturated heterocycles. The molecule has 0 aliphatic heterocycles.